The van der Waals surface area contributed by atoms with Crippen molar-refractivity contribution in [2.24, 2.45) is 0 Å². The number of esters is 1. The zero-order valence-electron chi connectivity index (χ0n) is 17.1. The van der Waals surface area contributed by atoms with Crippen LogP contribution in [0.4, 0.5) is 0 Å². The Morgan fingerprint density at radius 2 is 1.97 bits per heavy atom. The number of para-hydroxylation sites is 1. The molecule has 30 heavy (non-hydrogen) atoms. The number of hydrogen-bond donors (Lipinski definition) is 3. The summed E-state index contributed by atoms with van der Waals surface area (Å²) >= 11 is 0. The van der Waals surface area contributed by atoms with Gasteiger partial charge in [0.05, 0.1) is 6.54 Å². The molecule has 3 rings (SSSR count). The van der Waals surface area contributed by atoms with Gasteiger partial charge < -0.3 is 25.3 Å². The van der Waals surface area contributed by atoms with Crippen LogP contribution in [-0.4, -0.2) is 65.9 Å². The van der Waals surface area contributed by atoms with Crippen LogP contribution < -0.4 is 10.6 Å². The van der Waals surface area contributed by atoms with E-state index < -0.39 is 24.5 Å². The molecule has 160 valence electrons. The van der Waals surface area contributed by atoms with Crippen molar-refractivity contribution in [3.63, 3.8) is 0 Å². The number of fused-ring (bicyclic) bond motifs is 1. The van der Waals surface area contributed by atoms with Crippen molar-refractivity contribution >= 4 is 34.6 Å². The third kappa shape index (κ3) is 5.82. The Morgan fingerprint density at radius 3 is 2.67 bits per heavy atom. The summed E-state index contributed by atoms with van der Waals surface area (Å²) < 4.78 is 5.14. The van der Waals surface area contributed by atoms with E-state index in [9.17, 15) is 19.2 Å². The van der Waals surface area contributed by atoms with Crippen molar-refractivity contribution in [1.82, 2.24) is 20.5 Å². The molecule has 1 heterocycles. The van der Waals surface area contributed by atoms with Crippen molar-refractivity contribution in [1.29, 1.82) is 0 Å². The quantitative estimate of drug-likeness (QED) is 0.516. The molecule has 0 unspecified atom stereocenters. The van der Waals surface area contributed by atoms with Crippen molar-refractivity contribution in [2.75, 3.05) is 20.2 Å². The minimum absolute atomic E-state index is 0.0999. The summed E-state index contributed by atoms with van der Waals surface area (Å²) in [6.45, 7) is 0.709. The predicted molar refractivity (Wildman–Crippen MR) is 109 cm³/mol. The van der Waals surface area contributed by atoms with Gasteiger partial charge in [-0.1, -0.05) is 18.2 Å². The van der Waals surface area contributed by atoms with E-state index in [2.05, 4.69) is 15.6 Å². The first-order valence-electron chi connectivity index (χ1n) is 9.85. The van der Waals surface area contributed by atoms with Crippen molar-refractivity contribution in [3.05, 3.63) is 36.0 Å². The molecule has 3 amide bonds. The Morgan fingerprint density at radius 1 is 1.23 bits per heavy atom. The van der Waals surface area contributed by atoms with Gasteiger partial charge in [0.1, 0.15) is 6.04 Å². The fourth-order valence-electron chi connectivity index (χ4n) is 3.11. The molecule has 1 fully saturated rings. The van der Waals surface area contributed by atoms with Gasteiger partial charge in [-0.15, -0.1) is 0 Å². The summed E-state index contributed by atoms with van der Waals surface area (Å²) in [5, 5.41) is 6.32. The van der Waals surface area contributed by atoms with Gasteiger partial charge in [-0.2, -0.15) is 0 Å². The number of carbonyl (C=O) groups excluding carboxylic acids is 4. The second-order valence-corrected chi connectivity index (χ2v) is 7.52. The number of H-pyrrole nitrogens is 1. The maximum atomic E-state index is 12.5. The monoisotopic (exact) mass is 414 g/mol. The number of ether oxygens (including phenoxy) is 1. The van der Waals surface area contributed by atoms with Crippen LogP contribution in [-0.2, 0) is 30.3 Å². The third-order valence-electron chi connectivity index (χ3n) is 4.85. The largest absolute Gasteiger partial charge is 0.454 e. The molecule has 9 heteroatoms. The molecule has 1 aliphatic carbocycles. The molecule has 1 atom stereocenters. The lowest BCUT2D eigenvalue weighted by Crippen LogP contribution is -2.44. The number of hydrogen-bond acceptors (Lipinski definition) is 5. The molecule has 1 aromatic heterocycles. The van der Waals surface area contributed by atoms with E-state index in [-0.39, 0.29) is 30.8 Å². The Labute approximate surface area is 174 Å². The van der Waals surface area contributed by atoms with E-state index in [1.165, 1.54) is 18.9 Å². The molecule has 3 N–H and O–H groups in total. The van der Waals surface area contributed by atoms with E-state index in [1.54, 1.807) is 6.20 Å². The molecular formula is C21H26N4O5. The molecule has 1 aromatic carbocycles. The second kappa shape index (κ2) is 9.43. The number of carbonyl (C=O) groups is 4. The molecule has 0 saturated heterocycles. The average molecular weight is 414 g/mol. The number of rotatable bonds is 9. The van der Waals surface area contributed by atoms with E-state index >= 15 is 0 Å². The summed E-state index contributed by atoms with van der Waals surface area (Å²) in [5.41, 5.74) is 1.77. The fraction of sp³-hybridized carbons (Fsp3) is 0.429. The van der Waals surface area contributed by atoms with Crippen LogP contribution in [0.25, 0.3) is 10.9 Å². The van der Waals surface area contributed by atoms with E-state index in [1.807, 2.05) is 24.3 Å². The Bertz CT molecular complexity index is 950. The van der Waals surface area contributed by atoms with E-state index in [4.69, 9.17) is 4.74 Å². The third-order valence-corrected chi connectivity index (χ3v) is 4.85. The second-order valence-electron chi connectivity index (χ2n) is 7.52. The standard InChI is InChI=1S/C21H26N4O5/c1-13(26)23-18(9-14-10-22-17-6-4-3-5-16(14)17)21(29)30-12-20(28)25(2)11-19(27)24-15-7-8-15/h3-6,10,15,18,22H,7-9,11-12H2,1-2H3,(H,23,26)(H,24,27)/t18-/m0/s1. The zero-order chi connectivity index (χ0) is 21.7. The number of nitrogens with zero attached hydrogens (tertiary/aromatic N) is 1. The highest BCUT2D eigenvalue weighted by molar-refractivity contribution is 5.89. The topological polar surface area (TPSA) is 121 Å². The molecule has 0 spiro atoms. The highest BCUT2D eigenvalue weighted by Gasteiger charge is 2.26. The summed E-state index contributed by atoms with van der Waals surface area (Å²) in [6, 6.07) is 6.90. The maximum Gasteiger partial charge on any atom is 0.329 e. The number of benzene rings is 1. The van der Waals surface area contributed by atoms with Gasteiger partial charge in [-0.25, -0.2) is 4.79 Å². The van der Waals surface area contributed by atoms with Gasteiger partial charge in [0, 0.05) is 43.5 Å². The number of amides is 3. The Balaban J connectivity index is 1.56. The number of likely N-dealkylation sites (N-methyl/N-ethyl adjacent to an activating group) is 1. The SMILES string of the molecule is CC(=O)N[C@@H](Cc1c[nH]c2ccccc12)C(=O)OCC(=O)N(C)CC(=O)NC1CC1. The van der Waals surface area contributed by atoms with Crippen molar-refractivity contribution in [3.8, 4) is 0 Å². The normalized spacial score (nSPS) is 14.1. The number of nitrogens with one attached hydrogen (secondary N) is 3. The van der Waals surface area contributed by atoms with Crippen molar-refractivity contribution < 1.29 is 23.9 Å². The maximum absolute atomic E-state index is 12.5. The van der Waals surface area contributed by atoms with Gasteiger partial charge in [0.2, 0.25) is 11.8 Å². The molecule has 0 bridgehead atoms. The Kier molecular flexibility index (Phi) is 6.71. The summed E-state index contributed by atoms with van der Waals surface area (Å²) in [7, 11) is 1.47. The predicted octanol–water partition coefficient (Wildman–Crippen LogP) is 0.495. The van der Waals surface area contributed by atoms with Gasteiger partial charge in [0.25, 0.3) is 5.91 Å². The van der Waals surface area contributed by atoms with Crippen LogP contribution in [0.3, 0.4) is 0 Å². The lowest BCUT2D eigenvalue weighted by Gasteiger charge is -2.19. The van der Waals surface area contributed by atoms with E-state index in [0.717, 1.165) is 29.3 Å². The smallest absolute Gasteiger partial charge is 0.329 e. The summed E-state index contributed by atoms with van der Waals surface area (Å²) in [6.07, 6.45) is 3.92. The first kappa shape index (κ1) is 21.4. The highest BCUT2D eigenvalue weighted by atomic mass is 16.5. The number of aromatic amines is 1. The molecule has 1 saturated carbocycles. The van der Waals surface area contributed by atoms with Crippen LogP contribution in [0.15, 0.2) is 30.5 Å². The first-order chi connectivity index (χ1) is 14.3. The first-order valence-corrected chi connectivity index (χ1v) is 9.85. The molecular weight excluding hydrogens is 388 g/mol. The van der Waals surface area contributed by atoms with Gasteiger partial charge >= 0.3 is 5.97 Å². The molecule has 0 radical (unpaired) electrons. The van der Waals surface area contributed by atoms with Crippen molar-refractivity contribution in [2.45, 2.75) is 38.3 Å². The summed E-state index contributed by atoms with van der Waals surface area (Å²) in [5.74, 6) is -1.82. The summed E-state index contributed by atoms with van der Waals surface area (Å²) in [4.78, 5) is 52.4. The lowest BCUT2D eigenvalue weighted by molar-refractivity contribution is -0.154. The lowest BCUT2D eigenvalue weighted by atomic mass is 10.0. The van der Waals surface area contributed by atoms with Crippen LogP contribution in [0.1, 0.15) is 25.3 Å². The van der Waals surface area contributed by atoms with Gasteiger partial charge in [0.15, 0.2) is 6.61 Å². The molecule has 1 aliphatic rings. The highest BCUT2D eigenvalue weighted by Crippen LogP contribution is 2.20. The average Bonchev–Trinajstić information content (AvgIpc) is 3.42. The van der Waals surface area contributed by atoms with Crippen LogP contribution in [0.2, 0.25) is 0 Å². The zero-order valence-corrected chi connectivity index (χ0v) is 17.1. The minimum atomic E-state index is -0.932. The fourth-order valence-corrected chi connectivity index (χ4v) is 3.11. The molecule has 2 aromatic rings. The Hall–Kier alpha value is -3.36. The minimum Gasteiger partial charge on any atom is -0.454 e. The van der Waals surface area contributed by atoms with Gasteiger partial charge in [-0.05, 0) is 24.5 Å². The van der Waals surface area contributed by atoms with Gasteiger partial charge in [-0.3, -0.25) is 14.4 Å². The van der Waals surface area contributed by atoms with Crippen LogP contribution in [0, 0.1) is 0 Å². The molecule has 9 nitrogen and oxygen atoms in total. The number of aromatic nitrogens is 1. The van der Waals surface area contributed by atoms with Crippen LogP contribution in [0.5, 0.6) is 0 Å². The molecule has 0 aliphatic heterocycles. The van der Waals surface area contributed by atoms with Crippen LogP contribution >= 0.6 is 0 Å². The van der Waals surface area contributed by atoms with E-state index in [0.29, 0.717) is 0 Å².